The van der Waals surface area contributed by atoms with Crippen LogP contribution in [-0.4, -0.2) is 64.5 Å². The molecule has 7 heteroatoms. The zero-order chi connectivity index (χ0) is 16.6. The summed E-state index contributed by atoms with van der Waals surface area (Å²) in [4.78, 5) is 38.9. The predicted molar refractivity (Wildman–Crippen MR) is 77.8 cm³/mol. The average molecular weight is 299 g/mol. The van der Waals surface area contributed by atoms with E-state index in [2.05, 4.69) is 5.32 Å². The highest BCUT2D eigenvalue weighted by Gasteiger charge is 2.44. The summed E-state index contributed by atoms with van der Waals surface area (Å²) in [6.07, 6.45) is 0. The fourth-order valence-corrected chi connectivity index (χ4v) is 2.42. The minimum absolute atomic E-state index is 0.161. The van der Waals surface area contributed by atoms with E-state index < -0.39 is 29.0 Å². The van der Waals surface area contributed by atoms with Gasteiger partial charge >= 0.3 is 12.0 Å². The van der Waals surface area contributed by atoms with E-state index in [0.717, 1.165) is 0 Å². The molecule has 1 fully saturated rings. The lowest BCUT2D eigenvalue weighted by molar-refractivity contribution is -0.144. The van der Waals surface area contributed by atoms with Crippen LogP contribution in [0.25, 0.3) is 0 Å². The number of nitrogens with one attached hydrogen (secondary N) is 1. The first-order valence-electron chi connectivity index (χ1n) is 6.95. The molecule has 7 nitrogen and oxygen atoms in total. The maximum absolute atomic E-state index is 12.4. The predicted octanol–water partition coefficient (Wildman–Crippen LogP) is 0.748. The molecule has 0 aromatic carbocycles. The number of urea groups is 1. The monoisotopic (exact) mass is 299 g/mol. The molecule has 21 heavy (non-hydrogen) atoms. The van der Waals surface area contributed by atoms with Crippen molar-refractivity contribution in [3.8, 4) is 0 Å². The summed E-state index contributed by atoms with van der Waals surface area (Å²) in [7, 11) is 1.69. The number of carboxylic acids is 1. The molecule has 1 aliphatic rings. The Morgan fingerprint density at radius 3 is 2.24 bits per heavy atom. The van der Waals surface area contributed by atoms with Gasteiger partial charge in [0, 0.05) is 20.1 Å². The Morgan fingerprint density at radius 1 is 1.29 bits per heavy atom. The quantitative estimate of drug-likeness (QED) is 0.787. The number of aliphatic carboxylic acids is 1. The van der Waals surface area contributed by atoms with Crippen LogP contribution in [0.15, 0.2) is 0 Å². The van der Waals surface area contributed by atoms with Gasteiger partial charge in [0.2, 0.25) is 5.91 Å². The largest absolute Gasteiger partial charge is 0.480 e. The van der Waals surface area contributed by atoms with Crippen molar-refractivity contribution in [2.24, 2.45) is 5.41 Å². The molecule has 0 spiro atoms. The van der Waals surface area contributed by atoms with Crippen molar-refractivity contribution in [1.29, 1.82) is 0 Å². The second-order valence-electron chi connectivity index (χ2n) is 7.02. The number of piperazine rings is 1. The van der Waals surface area contributed by atoms with Gasteiger partial charge in [-0.15, -0.1) is 0 Å². The number of carbonyl (C=O) groups excluding carboxylic acids is 2. The van der Waals surface area contributed by atoms with E-state index >= 15 is 0 Å². The number of carboxylic acid groups (broad SMARTS) is 1. The summed E-state index contributed by atoms with van der Waals surface area (Å²) in [6, 6.07) is -1.54. The fraction of sp³-hybridized carbons (Fsp3) is 0.786. The van der Waals surface area contributed by atoms with Crippen molar-refractivity contribution in [2.75, 3.05) is 20.1 Å². The SMILES string of the molecule is CN1CCN(C(=O)N[C@@H](C(=O)O)C(C)(C)C)C(C)(C)C1=O. The normalized spacial score (nSPS) is 20.2. The van der Waals surface area contributed by atoms with Gasteiger partial charge in [0.25, 0.3) is 0 Å². The molecule has 120 valence electrons. The van der Waals surface area contributed by atoms with Crippen LogP contribution in [0.1, 0.15) is 34.6 Å². The Balaban J connectivity index is 2.93. The summed E-state index contributed by atoms with van der Waals surface area (Å²) < 4.78 is 0. The van der Waals surface area contributed by atoms with E-state index in [-0.39, 0.29) is 5.91 Å². The van der Waals surface area contributed by atoms with Crippen LogP contribution in [0.5, 0.6) is 0 Å². The Labute approximate surface area is 125 Å². The van der Waals surface area contributed by atoms with E-state index in [1.807, 2.05) is 0 Å². The molecule has 0 unspecified atom stereocenters. The molecule has 0 aliphatic carbocycles. The Hall–Kier alpha value is -1.79. The third-order valence-corrected chi connectivity index (χ3v) is 3.83. The van der Waals surface area contributed by atoms with Crippen LogP contribution < -0.4 is 5.32 Å². The first kappa shape index (κ1) is 17.3. The maximum Gasteiger partial charge on any atom is 0.326 e. The third kappa shape index (κ3) is 3.46. The molecule has 0 radical (unpaired) electrons. The molecule has 3 amide bonds. The Kier molecular flexibility index (Phi) is 4.55. The van der Waals surface area contributed by atoms with Gasteiger partial charge in [0.05, 0.1) is 0 Å². The maximum atomic E-state index is 12.4. The number of rotatable bonds is 2. The van der Waals surface area contributed by atoms with Gasteiger partial charge in [-0.05, 0) is 19.3 Å². The van der Waals surface area contributed by atoms with Crippen molar-refractivity contribution in [2.45, 2.75) is 46.2 Å². The van der Waals surface area contributed by atoms with Crippen molar-refractivity contribution in [3.63, 3.8) is 0 Å². The van der Waals surface area contributed by atoms with Crippen LogP contribution in [-0.2, 0) is 9.59 Å². The minimum Gasteiger partial charge on any atom is -0.480 e. The van der Waals surface area contributed by atoms with Crippen LogP contribution in [0, 0.1) is 5.41 Å². The van der Waals surface area contributed by atoms with E-state index in [9.17, 15) is 19.5 Å². The van der Waals surface area contributed by atoms with Crippen molar-refractivity contribution in [1.82, 2.24) is 15.1 Å². The topological polar surface area (TPSA) is 89.9 Å². The van der Waals surface area contributed by atoms with Gasteiger partial charge in [0.1, 0.15) is 11.6 Å². The third-order valence-electron chi connectivity index (χ3n) is 3.83. The van der Waals surface area contributed by atoms with Crippen molar-refractivity contribution < 1.29 is 19.5 Å². The van der Waals surface area contributed by atoms with Crippen LogP contribution >= 0.6 is 0 Å². The second-order valence-corrected chi connectivity index (χ2v) is 7.02. The lowest BCUT2D eigenvalue weighted by atomic mass is 9.87. The van der Waals surface area contributed by atoms with E-state index in [1.54, 1.807) is 46.6 Å². The summed E-state index contributed by atoms with van der Waals surface area (Å²) in [5.41, 5.74) is -1.61. The molecule has 0 aromatic heterocycles. The fourth-order valence-electron chi connectivity index (χ4n) is 2.42. The number of nitrogens with zero attached hydrogens (tertiary/aromatic N) is 2. The summed E-state index contributed by atoms with van der Waals surface area (Å²) in [6.45, 7) is 9.36. The molecule has 1 atom stereocenters. The number of amides is 3. The van der Waals surface area contributed by atoms with Gasteiger partial charge in [0.15, 0.2) is 0 Å². The van der Waals surface area contributed by atoms with Crippen LogP contribution in [0.4, 0.5) is 4.79 Å². The minimum atomic E-state index is -1.09. The van der Waals surface area contributed by atoms with Gasteiger partial charge in [-0.3, -0.25) is 4.79 Å². The number of hydrogen-bond donors (Lipinski definition) is 2. The molecule has 1 heterocycles. The lowest BCUT2D eigenvalue weighted by Gasteiger charge is -2.45. The first-order valence-corrected chi connectivity index (χ1v) is 6.95. The molecule has 2 N–H and O–H groups in total. The first-order chi connectivity index (χ1) is 9.39. The Bertz CT molecular complexity index is 454. The summed E-state index contributed by atoms with van der Waals surface area (Å²) in [5.74, 6) is -1.25. The molecule has 0 bridgehead atoms. The van der Waals surface area contributed by atoms with Gasteiger partial charge in [-0.25, -0.2) is 9.59 Å². The van der Waals surface area contributed by atoms with Gasteiger partial charge < -0.3 is 20.2 Å². The smallest absolute Gasteiger partial charge is 0.326 e. The summed E-state index contributed by atoms with van der Waals surface area (Å²) >= 11 is 0. The standard InChI is InChI=1S/C14H25N3O4/c1-13(2,3)9(10(18)19)15-12(21)17-8-7-16(6)11(20)14(17,4)5/h9H,7-8H2,1-6H3,(H,15,21)(H,18,19)/t9-/m0/s1. The molecular weight excluding hydrogens is 274 g/mol. The number of likely N-dealkylation sites (N-methyl/N-ethyl adjacent to an activating group) is 1. The zero-order valence-corrected chi connectivity index (χ0v) is 13.6. The van der Waals surface area contributed by atoms with Crippen LogP contribution in [0.3, 0.4) is 0 Å². The Morgan fingerprint density at radius 2 is 1.81 bits per heavy atom. The molecule has 1 rings (SSSR count). The zero-order valence-electron chi connectivity index (χ0n) is 13.6. The van der Waals surface area contributed by atoms with Crippen LogP contribution in [0.2, 0.25) is 0 Å². The average Bonchev–Trinajstić information content (AvgIpc) is 2.31. The van der Waals surface area contributed by atoms with Crippen molar-refractivity contribution in [3.05, 3.63) is 0 Å². The second kappa shape index (κ2) is 5.54. The molecular formula is C14H25N3O4. The number of carbonyl (C=O) groups is 3. The van der Waals surface area contributed by atoms with E-state index in [4.69, 9.17) is 0 Å². The highest BCUT2D eigenvalue weighted by Crippen LogP contribution is 2.24. The van der Waals surface area contributed by atoms with E-state index in [1.165, 1.54) is 4.90 Å². The highest BCUT2D eigenvalue weighted by atomic mass is 16.4. The molecule has 0 aromatic rings. The number of hydrogen-bond acceptors (Lipinski definition) is 3. The highest BCUT2D eigenvalue weighted by molar-refractivity contribution is 5.92. The molecule has 1 saturated heterocycles. The van der Waals surface area contributed by atoms with Gasteiger partial charge in [-0.1, -0.05) is 20.8 Å². The van der Waals surface area contributed by atoms with E-state index in [0.29, 0.717) is 13.1 Å². The summed E-state index contributed by atoms with van der Waals surface area (Å²) in [5, 5.41) is 11.8. The molecule has 0 saturated carbocycles. The molecule has 1 aliphatic heterocycles. The lowest BCUT2D eigenvalue weighted by Crippen LogP contribution is -2.67. The van der Waals surface area contributed by atoms with Crippen molar-refractivity contribution >= 4 is 17.9 Å². The van der Waals surface area contributed by atoms with Gasteiger partial charge in [-0.2, -0.15) is 0 Å².